The largest absolute Gasteiger partial charge is 0.493 e. The van der Waals surface area contributed by atoms with E-state index in [9.17, 15) is 4.79 Å². The van der Waals surface area contributed by atoms with Crippen molar-refractivity contribution in [3.63, 3.8) is 0 Å². The summed E-state index contributed by atoms with van der Waals surface area (Å²) < 4.78 is 11.0. The van der Waals surface area contributed by atoms with Gasteiger partial charge in [-0.1, -0.05) is 35.9 Å². The number of ether oxygens (including phenoxy) is 2. The van der Waals surface area contributed by atoms with Crippen LogP contribution >= 0.6 is 11.6 Å². The van der Waals surface area contributed by atoms with E-state index in [0.29, 0.717) is 23.1 Å². The summed E-state index contributed by atoms with van der Waals surface area (Å²) >= 11 is 6.06. The minimum atomic E-state index is -0.193. The molecule has 0 aliphatic rings. The molecule has 2 rings (SSSR count). The maximum absolute atomic E-state index is 12.0. The Bertz CT molecular complexity index is 756. The van der Waals surface area contributed by atoms with Crippen molar-refractivity contribution in [3.05, 3.63) is 64.7 Å². The predicted octanol–water partition coefficient (Wildman–Crippen LogP) is 4.47. The van der Waals surface area contributed by atoms with Gasteiger partial charge in [-0.25, -0.2) is 0 Å². The minimum Gasteiger partial charge on any atom is -0.493 e. The highest BCUT2D eigenvalue weighted by molar-refractivity contribution is 6.32. The Morgan fingerprint density at radius 1 is 1.20 bits per heavy atom. The molecule has 0 fully saturated rings. The van der Waals surface area contributed by atoms with E-state index in [1.165, 1.54) is 6.08 Å². The van der Waals surface area contributed by atoms with Gasteiger partial charge in [0.05, 0.1) is 13.2 Å². The van der Waals surface area contributed by atoms with Gasteiger partial charge in [0.1, 0.15) is 0 Å². The third-order valence-corrected chi connectivity index (χ3v) is 3.72. The number of hydrogen-bond acceptors (Lipinski definition) is 3. The first kappa shape index (κ1) is 18.9. The molecule has 0 saturated carbocycles. The molecule has 0 atom stereocenters. The van der Waals surface area contributed by atoms with E-state index in [2.05, 4.69) is 5.32 Å². The number of benzene rings is 2. The van der Waals surface area contributed by atoms with Crippen molar-refractivity contribution in [1.82, 2.24) is 5.32 Å². The van der Waals surface area contributed by atoms with Crippen LogP contribution in [0.5, 0.6) is 11.5 Å². The van der Waals surface area contributed by atoms with E-state index in [4.69, 9.17) is 21.1 Å². The van der Waals surface area contributed by atoms with Crippen LogP contribution in [0.25, 0.3) is 6.08 Å². The van der Waals surface area contributed by atoms with Crippen LogP contribution in [-0.4, -0.2) is 19.1 Å². The summed E-state index contributed by atoms with van der Waals surface area (Å²) in [6.45, 7) is 4.31. The molecule has 2 aromatic rings. The lowest BCUT2D eigenvalue weighted by atomic mass is 10.2. The molecule has 132 valence electrons. The summed E-state index contributed by atoms with van der Waals surface area (Å²) in [6.07, 6.45) is 3.22. The van der Waals surface area contributed by atoms with Gasteiger partial charge in [-0.15, -0.1) is 0 Å². The lowest BCUT2D eigenvalue weighted by Crippen LogP contribution is -2.20. The second-order valence-electron chi connectivity index (χ2n) is 5.72. The van der Waals surface area contributed by atoms with Crippen LogP contribution in [-0.2, 0) is 11.3 Å². The van der Waals surface area contributed by atoms with Crippen molar-refractivity contribution in [2.75, 3.05) is 7.11 Å². The highest BCUT2D eigenvalue weighted by Crippen LogP contribution is 2.28. The zero-order valence-corrected chi connectivity index (χ0v) is 15.3. The molecule has 0 saturated heterocycles. The van der Waals surface area contributed by atoms with Gasteiger partial charge in [-0.3, -0.25) is 4.79 Å². The second-order valence-corrected chi connectivity index (χ2v) is 6.13. The van der Waals surface area contributed by atoms with Gasteiger partial charge in [0.15, 0.2) is 11.5 Å². The predicted molar refractivity (Wildman–Crippen MR) is 101 cm³/mol. The highest BCUT2D eigenvalue weighted by atomic mass is 35.5. The minimum absolute atomic E-state index is 0.0643. The van der Waals surface area contributed by atoms with Gasteiger partial charge in [0.2, 0.25) is 5.91 Å². The van der Waals surface area contributed by atoms with E-state index in [-0.39, 0.29) is 12.0 Å². The molecule has 2 aromatic carbocycles. The van der Waals surface area contributed by atoms with Gasteiger partial charge < -0.3 is 14.8 Å². The topological polar surface area (TPSA) is 47.6 Å². The highest BCUT2D eigenvalue weighted by Gasteiger charge is 2.08. The van der Waals surface area contributed by atoms with Crippen LogP contribution < -0.4 is 14.8 Å². The van der Waals surface area contributed by atoms with Crippen LogP contribution in [0.4, 0.5) is 0 Å². The number of carbonyl (C=O) groups excluding carboxylic acids is 1. The monoisotopic (exact) mass is 359 g/mol. The van der Waals surface area contributed by atoms with E-state index < -0.39 is 0 Å². The van der Waals surface area contributed by atoms with Crippen LogP contribution in [0.3, 0.4) is 0 Å². The van der Waals surface area contributed by atoms with Crippen molar-refractivity contribution >= 4 is 23.6 Å². The number of methoxy groups -OCH3 is 1. The Kier molecular flexibility index (Phi) is 6.90. The summed E-state index contributed by atoms with van der Waals surface area (Å²) in [5.41, 5.74) is 1.73. The lowest BCUT2D eigenvalue weighted by Gasteiger charge is -2.14. The maximum atomic E-state index is 12.0. The smallest absolute Gasteiger partial charge is 0.244 e. The summed E-state index contributed by atoms with van der Waals surface area (Å²) in [7, 11) is 1.59. The molecule has 5 heteroatoms. The molecule has 0 unspecified atom stereocenters. The van der Waals surface area contributed by atoms with Crippen molar-refractivity contribution in [3.8, 4) is 11.5 Å². The summed E-state index contributed by atoms with van der Waals surface area (Å²) in [6, 6.07) is 13.0. The van der Waals surface area contributed by atoms with E-state index >= 15 is 0 Å². The molecule has 25 heavy (non-hydrogen) atoms. The number of amides is 1. The molecular weight excluding hydrogens is 338 g/mol. The first-order valence-corrected chi connectivity index (χ1v) is 8.41. The van der Waals surface area contributed by atoms with Gasteiger partial charge >= 0.3 is 0 Å². The molecule has 0 spiro atoms. The molecule has 0 radical (unpaired) electrons. The van der Waals surface area contributed by atoms with Gasteiger partial charge in [0, 0.05) is 17.6 Å². The molecule has 0 aromatic heterocycles. The van der Waals surface area contributed by atoms with Gasteiger partial charge in [-0.2, -0.15) is 0 Å². The fourth-order valence-corrected chi connectivity index (χ4v) is 2.40. The summed E-state index contributed by atoms with van der Waals surface area (Å²) in [5.74, 6) is 1.14. The van der Waals surface area contributed by atoms with Crippen LogP contribution in [0.15, 0.2) is 48.5 Å². The first-order chi connectivity index (χ1) is 12.0. The Morgan fingerprint density at radius 2 is 1.96 bits per heavy atom. The summed E-state index contributed by atoms with van der Waals surface area (Å²) in [5, 5.41) is 3.44. The molecule has 0 bridgehead atoms. The van der Waals surface area contributed by atoms with Crippen molar-refractivity contribution in [1.29, 1.82) is 0 Å². The van der Waals surface area contributed by atoms with Crippen molar-refractivity contribution < 1.29 is 14.3 Å². The zero-order valence-electron chi connectivity index (χ0n) is 14.6. The van der Waals surface area contributed by atoms with E-state index in [1.54, 1.807) is 19.3 Å². The quantitative estimate of drug-likeness (QED) is 0.742. The normalized spacial score (nSPS) is 10.9. The lowest BCUT2D eigenvalue weighted by molar-refractivity contribution is -0.116. The average molecular weight is 360 g/mol. The second kappa shape index (κ2) is 9.14. The Morgan fingerprint density at radius 3 is 2.64 bits per heavy atom. The number of carbonyl (C=O) groups is 1. The van der Waals surface area contributed by atoms with Gasteiger partial charge in [-0.05, 0) is 49.2 Å². The molecule has 1 amide bonds. The summed E-state index contributed by atoms with van der Waals surface area (Å²) in [4.78, 5) is 12.0. The van der Waals surface area contributed by atoms with Gasteiger partial charge in [0.25, 0.3) is 0 Å². The van der Waals surface area contributed by atoms with Crippen molar-refractivity contribution in [2.24, 2.45) is 0 Å². The molecule has 0 heterocycles. The number of halogens is 1. The number of hydrogen-bond donors (Lipinski definition) is 1. The van der Waals surface area contributed by atoms with Crippen LogP contribution in [0.1, 0.15) is 25.0 Å². The number of nitrogens with one attached hydrogen (secondary N) is 1. The average Bonchev–Trinajstić information content (AvgIpc) is 2.59. The first-order valence-electron chi connectivity index (χ1n) is 8.03. The molecule has 1 N–H and O–H groups in total. The molecule has 4 nitrogen and oxygen atoms in total. The van der Waals surface area contributed by atoms with E-state index in [1.807, 2.05) is 50.2 Å². The third kappa shape index (κ3) is 5.84. The number of rotatable bonds is 7. The standard InChI is InChI=1S/C20H22ClNO3/c1-14(2)25-18-10-8-15(12-19(18)24-3)13-22-20(23)11-9-16-6-4-5-7-17(16)21/h4-12,14H,13H2,1-3H3,(H,22,23)/b11-9+. The Hall–Kier alpha value is -2.46. The SMILES string of the molecule is COc1cc(CNC(=O)/C=C/c2ccccc2Cl)ccc1OC(C)C. The van der Waals surface area contributed by atoms with E-state index in [0.717, 1.165) is 11.1 Å². The van der Waals surface area contributed by atoms with Crippen LogP contribution in [0, 0.1) is 0 Å². The van der Waals surface area contributed by atoms with Crippen LogP contribution in [0.2, 0.25) is 5.02 Å². The molecule has 0 aliphatic heterocycles. The fraction of sp³-hybridized carbons (Fsp3) is 0.250. The Labute approximate surface area is 153 Å². The maximum Gasteiger partial charge on any atom is 0.244 e. The zero-order chi connectivity index (χ0) is 18.2. The Balaban J connectivity index is 1.96. The molecule has 0 aliphatic carbocycles. The van der Waals surface area contributed by atoms with Crippen molar-refractivity contribution in [2.45, 2.75) is 26.5 Å². The third-order valence-electron chi connectivity index (χ3n) is 3.38. The molecular formula is C20H22ClNO3. The fourth-order valence-electron chi connectivity index (χ4n) is 2.20.